The Morgan fingerprint density at radius 3 is 2.26 bits per heavy atom. The Morgan fingerprint density at radius 1 is 0.963 bits per heavy atom. The Hall–Kier alpha value is -1.89. The molecule has 1 saturated heterocycles. The van der Waals surface area contributed by atoms with E-state index in [1.54, 1.807) is 11.3 Å². The predicted octanol–water partition coefficient (Wildman–Crippen LogP) is 2.75. The third kappa shape index (κ3) is 6.34. The molecule has 146 valence electrons. The van der Waals surface area contributed by atoms with E-state index in [1.807, 2.05) is 7.05 Å². The van der Waals surface area contributed by atoms with Crippen LogP contribution in [0.25, 0.3) is 0 Å². The van der Waals surface area contributed by atoms with E-state index >= 15 is 0 Å². The van der Waals surface area contributed by atoms with Crippen LogP contribution in [0.1, 0.15) is 22.9 Å². The van der Waals surface area contributed by atoms with Crippen LogP contribution in [0.5, 0.6) is 0 Å². The van der Waals surface area contributed by atoms with Crippen LogP contribution >= 0.6 is 11.3 Å². The minimum absolute atomic E-state index is 0.777. The van der Waals surface area contributed by atoms with Crippen molar-refractivity contribution >= 4 is 17.3 Å². The van der Waals surface area contributed by atoms with E-state index in [-0.39, 0.29) is 0 Å². The Balaban J connectivity index is 1.42. The summed E-state index contributed by atoms with van der Waals surface area (Å²) in [5, 5.41) is 8.84. The molecule has 0 atom stereocenters. The molecule has 1 aliphatic heterocycles. The summed E-state index contributed by atoms with van der Waals surface area (Å²) in [6.45, 7) is 10.8. The molecule has 2 N–H and O–H groups in total. The largest absolute Gasteiger partial charge is 0.352 e. The summed E-state index contributed by atoms with van der Waals surface area (Å²) in [7, 11) is 1.81. The molecule has 0 amide bonds. The minimum atomic E-state index is 0.777. The highest BCUT2D eigenvalue weighted by Crippen LogP contribution is 2.10. The van der Waals surface area contributed by atoms with Crippen molar-refractivity contribution in [2.24, 2.45) is 4.99 Å². The Kier molecular flexibility index (Phi) is 7.68. The first kappa shape index (κ1) is 19.9. The fraction of sp³-hybridized carbons (Fsp3) is 0.476. The second-order valence-corrected chi connectivity index (χ2v) is 7.92. The van der Waals surface area contributed by atoms with Gasteiger partial charge in [0.15, 0.2) is 5.96 Å². The van der Waals surface area contributed by atoms with E-state index in [0.717, 1.165) is 25.6 Å². The summed E-state index contributed by atoms with van der Waals surface area (Å²) in [6.07, 6.45) is 0. The first-order valence-electron chi connectivity index (χ1n) is 9.76. The van der Waals surface area contributed by atoms with Crippen molar-refractivity contribution in [2.75, 3.05) is 39.8 Å². The van der Waals surface area contributed by atoms with Crippen molar-refractivity contribution < 1.29 is 0 Å². The van der Waals surface area contributed by atoms with Gasteiger partial charge in [-0.15, -0.1) is 11.3 Å². The van der Waals surface area contributed by atoms with Gasteiger partial charge in [-0.05, 0) is 29.1 Å². The lowest BCUT2D eigenvalue weighted by atomic mass is 10.1. The van der Waals surface area contributed by atoms with Crippen molar-refractivity contribution in [1.29, 1.82) is 0 Å². The van der Waals surface area contributed by atoms with Gasteiger partial charge in [0.05, 0.1) is 6.54 Å². The molecule has 0 saturated carbocycles. The number of hydrogen-bond donors (Lipinski definition) is 2. The molecule has 0 bridgehead atoms. The summed E-state index contributed by atoms with van der Waals surface area (Å²) >= 11 is 1.76. The zero-order chi connectivity index (χ0) is 18.9. The second kappa shape index (κ2) is 10.4. The van der Waals surface area contributed by atoms with E-state index in [4.69, 9.17) is 0 Å². The molecule has 1 aromatic carbocycles. The summed E-state index contributed by atoms with van der Waals surface area (Å²) < 4.78 is 0. The van der Waals surface area contributed by atoms with Gasteiger partial charge >= 0.3 is 0 Å². The number of thiophene rings is 1. The number of piperazine rings is 1. The van der Waals surface area contributed by atoms with Crippen LogP contribution in [0.2, 0.25) is 0 Å². The lowest BCUT2D eigenvalue weighted by molar-refractivity contribution is 0.132. The minimum Gasteiger partial charge on any atom is -0.352 e. The van der Waals surface area contributed by atoms with Crippen LogP contribution in [-0.2, 0) is 19.6 Å². The Morgan fingerprint density at radius 2 is 1.63 bits per heavy atom. The lowest BCUT2D eigenvalue weighted by Crippen LogP contribution is -2.45. The molecule has 0 unspecified atom stereocenters. The number of rotatable bonds is 7. The van der Waals surface area contributed by atoms with Crippen LogP contribution in [0.15, 0.2) is 46.8 Å². The van der Waals surface area contributed by atoms with E-state index < -0.39 is 0 Å². The molecule has 1 aliphatic rings. The maximum absolute atomic E-state index is 4.30. The molecule has 3 rings (SSSR count). The first-order chi connectivity index (χ1) is 13.3. The predicted molar refractivity (Wildman–Crippen MR) is 115 cm³/mol. The standard InChI is InChI=1S/C21H31N5S/c1-3-25-10-12-26(13-11-25)17-19-8-6-18(7-9-19)15-23-21(22-2)24-16-20-5-4-14-27-20/h4-9,14H,3,10-13,15-17H2,1-2H3,(H2,22,23,24). The van der Waals surface area contributed by atoms with Gasteiger partial charge in [-0.2, -0.15) is 0 Å². The quantitative estimate of drug-likeness (QED) is 0.568. The molecule has 1 aromatic heterocycles. The SMILES string of the molecule is CCN1CCN(Cc2ccc(CNC(=NC)NCc3cccs3)cc2)CC1. The van der Waals surface area contributed by atoms with E-state index in [1.165, 1.54) is 48.7 Å². The van der Waals surface area contributed by atoms with Crippen LogP contribution in [0.4, 0.5) is 0 Å². The summed E-state index contributed by atoms with van der Waals surface area (Å²) in [5.74, 6) is 0.835. The average molecular weight is 386 g/mol. The maximum Gasteiger partial charge on any atom is 0.191 e. The van der Waals surface area contributed by atoms with Gasteiger partial charge in [0, 0.05) is 51.2 Å². The third-order valence-corrected chi connectivity index (χ3v) is 5.91. The van der Waals surface area contributed by atoms with Gasteiger partial charge < -0.3 is 15.5 Å². The fourth-order valence-corrected chi connectivity index (χ4v) is 3.92. The number of hydrogen-bond acceptors (Lipinski definition) is 4. The molecule has 2 aromatic rings. The first-order valence-corrected chi connectivity index (χ1v) is 10.6. The van der Waals surface area contributed by atoms with Crippen molar-refractivity contribution in [3.63, 3.8) is 0 Å². The van der Waals surface area contributed by atoms with Crippen LogP contribution < -0.4 is 10.6 Å². The molecule has 2 heterocycles. The fourth-order valence-electron chi connectivity index (χ4n) is 3.27. The lowest BCUT2D eigenvalue weighted by Gasteiger charge is -2.34. The van der Waals surface area contributed by atoms with E-state index in [0.29, 0.717) is 0 Å². The van der Waals surface area contributed by atoms with Gasteiger partial charge in [0.25, 0.3) is 0 Å². The molecule has 6 heteroatoms. The van der Waals surface area contributed by atoms with Crippen molar-refractivity contribution in [1.82, 2.24) is 20.4 Å². The van der Waals surface area contributed by atoms with Crippen molar-refractivity contribution in [3.05, 3.63) is 57.8 Å². The number of likely N-dealkylation sites (N-methyl/N-ethyl adjacent to an activating group) is 1. The number of nitrogens with one attached hydrogen (secondary N) is 2. The third-order valence-electron chi connectivity index (χ3n) is 5.04. The highest BCUT2D eigenvalue weighted by molar-refractivity contribution is 7.09. The van der Waals surface area contributed by atoms with Crippen molar-refractivity contribution in [2.45, 2.75) is 26.6 Å². The molecular weight excluding hydrogens is 354 g/mol. The second-order valence-electron chi connectivity index (χ2n) is 6.89. The molecule has 0 radical (unpaired) electrons. The average Bonchev–Trinajstić information content (AvgIpc) is 3.23. The zero-order valence-electron chi connectivity index (χ0n) is 16.4. The van der Waals surface area contributed by atoms with E-state index in [9.17, 15) is 0 Å². The number of benzene rings is 1. The van der Waals surface area contributed by atoms with Crippen LogP contribution in [0, 0.1) is 0 Å². The summed E-state index contributed by atoms with van der Waals surface area (Å²) in [6, 6.07) is 13.2. The highest BCUT2D eigenvalue weighted by Gasteiger charge is 2.15. The number of aliphatic imine (C=N–C) groups is 1. The molecular formula is C21H31N5S. The Labute approximate surface area is 167 Å². The topological polar surface area (TPSA) is 42.9 Å². The Bertz CT molecular complexity index is 688. The van der Waals surface area contributed by atoms with E-state index in [2.05, 4.69) is 74.1 Å². The number of nitrogens with zero attached hydrogens (tertiary/aromatic N) is 3. The number of guanidine groups is 1. The van der Waals surface area contributed by atoms with Crippen LogP contribution in [0.3, 0.4) is 0 Å². The summed E-state index contributed by atoms with van der Waals surface area (Å²) in [5.41, 5.74) is 2.66. The molecule has 1 fully saturated rings. The smallest absolute Gasteiger partial charge is 0.191 e. The normalized spacial score (nSPS) is 16.4. The molecule has 0 aliphatic carbocycles. The van der Waals surface area contributed by atoms with Gasteiger partial charge in [-0.25, -0.2) is 0 Å². The molecule has 0 spiro atoms. The molecule has 27 heavy (non-hydrogen) atoms. The van der Waals surface area contributed by atoms with Gasteiger partial charge in [0.1, 0.15) is 0 Å². The molecule has 5 nitrogen and oxygen atoms in total. The summed E-state index contributed by atoms with van der Waals surface area (Å²) in [4.78, 5) is 10.7. The zero-order valence-corrected chi connectivity index (χ0v) is 17.3. The van der Waals surface area contributed by atoms with Gasteiger partial charge in [-0.1, -0.05) is 37.3 Å². The van der Waals surface area contributed by atoms with Crippen molar-refractivity contribution in [3.8, 4) is 0 Å². The maximum atomic E-state index is 4.30. The monoisotopic (exact) mass is 385 g/mol. The van der Waals surface area contributed by atoms with Gasteiger partial charge in [-0.3, -0.25) is 9.89 Å². The highest BCUT2D eigenvalue weighted by atomic mass is 32.1. The van der Waals surface area contributed by atoms with Gasteiger partial charge in [0.2, 0.25) is 0 Å². The van der Waals surface area contributed by atoms with Crippen LogP contribution in [-0.4, -0.2) is 55.5 Å².